The molecule has 1 amide bonds. The van der Waals surface area contributed by atoms with Gasteiger partial charge in [-0.2, -0.15) is 0 Å². The topological polar surface area (TPSA) is 93.4 Å². The molecule has 1 fully saturated rings. The first-order valence-corrected chi connectivity index (χ1v) is 13.0. The van der Waals surface area contributed by atoms with Crippen molar-refractivity contribution in [1.29, 1.82) is 0 Å². The highest BCUT2D eigenvalue weighted by molar-refractivity contribution is 7.21. The predicted molar refractivity (Wildman–Crippen MR) is 148 cm³/mol. The number of ether oxygens (including phenoxy) is 1. The van der Waals surface area contributed by atoms with Crippen LogP contribution in [0.1, 0.15) is 41.6 Å². The molecule has 3 aromatic heterocycles. The van der Waals surface area contributed by atoms with Crippen LogP contribution in [-0.4, -0.2) is 48.7 Å². The van der Waals surface area contributed by atoms with Crippen LogP contribution in [0, 0.1) is 12.3 Å². The SMILES string of the molecule is C#Cc1cc(-c2ccc3c(ccc4sc(C(N)=O)c(NCCC)c43)n2)cc(N2CCC(OC)CC2)n1. The van der Waals surface area contributed by atoms with Crippen LogP contribution >= 0.6 is 11.3 Å². The highest BCUT2D eigenvalue weighted by Gasteiger charge is 2.22. The van der Waals surface area contributed by atoms with Gasteiger partial charge in [-0.05, 0) is 55.7 Å². The molecule has 0 saturated carbocycles. The summed E-state index contributed by atoms with van der Waals surface area (Å²) >= 11 is 1.41. The average Bonchev–Trinajstić information content (AvgIpc) is 3.30. The van der Waals surface area contributed by atoms with Gasteiger partial charge in [0, 0.05) is 47.8 Å². The first-order valence-electron chi connectivity index (χ1n) is 12.2. The number of terminal acetylenes is 1. The lowest BCUT2D eigenvalue weighted by atomic mass is 10.0. The summed E-state index contributed by atoms with van der Waals surface area (Å²) in [6.07, 6.45) is 8.91. The van der Waals surface area contributed by atoms with E-state index in [1.807, 2.05) is 24.3 Å². The number of methoxy groups -OCH3 is 1. The standard InChI is InChI=1S/C28H29N5O2S/c1-4-12-30-26-25-20-6-7-21(32-22(20)8-9-23(25)36-27(26)28(29)34)17-15-18(5-2)31-24(16-17)33-13-10-19(35-3)11-14-33/h2,6-9,15-16,19,30H,4,10-14H2,1,3H3,(H2,29,34). The molecule has 0 aliphatic carbocycles. The monoisotopic (exact) mass is 499 g/mol. The number of piperidine rings is 1. The van der Waals surface area contributed by atoms with Crippen molar-refractivity contribution in [3.63, 3.8) is 0 Å². The lowest BCUT2D eigenvalue weighted by molar-refractivity contribution is 0.0818. The van der Waals surface area contributed by atoms with Crippen LogP contribution in [-0.2, 0) is 4.74 Å². The van der Waals surface area contributed by atoms with Gasteiger partial charge in [-0.25, -0.2) is 9.97 Å². The zero-order valence-electron chi connectivity index (χ0n) is 20.5. The summed E-state index contributed by atoms with van der Waals surface area (Å²) in [5, 5.41) is 5.37. The number of carbonyl (C=O) groups excluding carboxylic acids is 1. The van der Waals surface area contributed by atoms with Crippen LogP contribution in [0.5, 0.6) is 0 Å². The molecule has 7 nitrogen and oxygen atoms in total. The molecule has 1 aliphatic rings. The molecule has 3 N–H and O–H groups in total. The van der Waals surface area contributed by atoms with E-state index in [0.717, 1.165) is 82.6 Å². The minimum absolute atomic E-state index is 0.291. The molecule has 4 aromatic rings. The molecule has 0 spiro atoms. The van der Waals surface area contributed by atoms with Gasteiger partial charge in [-0.3, -0.25) is 4.79 Å². The number of anilines is 2. The molecule has 8 heteroatoms. The number of pyridine rings is 2. The summed E-state index contributed by atoms with van der Waals surface area (Å²) in [7, 11) is 1.77. The Morgan fingerprint density at radius 3 is 2.75 bits per heavy atom. The fraction of sp³-hybridized carbons (Fsp3) is 0.321. The number of thiophene rings is 1. The number of primary amides is 1. The minimum atomic E-state index is -0.423. The number of hydrogen-bond donors (Lipinski definition) is 2. The van der Waals surface area contributed by atoms with Crippen LogP contribution < -0.4 is 16.0 Å². The van der Waals surface area contributed by atoms with E-state index in [-0.39, 0.29) is 0 Å². The molecule has 184 valence electrons. The largest absolute Gasteiger partial charge is 0.383 e. The molecule has 0 atom stereocenters. The Kier molecular flexibility index (Phi) is 6.77. The number of hydrogen-bond acceptors (Lipinski definition) is 7. The summed E-state index contributed by atoms with van der Waals surface area (Å²) in [6.45, 7) is 4.58. The van der Waals surface area contributed by atoms with Crippen LogP contribution in [0.2, 0.25) is 0 Å². The number of rotatable bonds is 7. The maximum absolute atomic E-state index is 12.1. The lowest BCUT2D eigenvalue weighted by Gasteiger charge is -2.32. The summed E-state index contributed by atoms with van der Waals surface area (Å²) < 4.78 is 6.51. The number of nitrogens with zero attached hydrogens (tertiary/aromatic N) is 3. The molecule has 0 unspecified atom stereocenters. The van der Waals surface area contributed by atoms with Crippen molar-refractivity contribution >= 4 is 49.7 Å². The molecule has 1 aliphatic heterocycles. The Morgan fingerprint density at radius 1 is 1.25 bits per heavy atom. The Balaban J connectivity index is 1.58. The van der Waals surface area contributed by atoms with E-state index in [4.69, 9.17) is 21.9 Å². The molecular weight excluding hydrogens is 470 g/mol. The number of amides is 1. The quantitative estimate of drug-likeness (QED) is 0.347. The normalized spacial score (nSPS) is 14.3. The number of benzene rings is 1. The number of carbonyl (C=O) groups is 1. The second kappa shape index (κ2) is 10.1. The van der Waals surface area contributed by atoms with E-state index >= 15 is 0 Å². The number of nitrogens with two attached hydrogens (primary N) is 1. The average molecular weight is 500 g/mol. The molecule has 5 rings (SSSR count). The maximum Gasteiger partial charge on any atom is 0.260 e. The molecule has 0 bridgehead atoms. The van der Waals surface area contributed by atoms with Crippen molar-refractivity contribution in [3.8, 4) is 23.6 Å². The zero-order chi connectivity index (χ0) is 25.2. The number of fused-ring (bicyclic) bond motifs is 3. The maximum atomic E-state index is 12.1. The Bertz CT molecular complexity index is 1480. The van der Waals surface area contributed by atoms with Crippen LogP contribution in [0.15, 0.2) is 36.4 Å². The van der Waals surface area contributed by atoms with E-state index in [0.29, 0.717) is 16.7 Å². The molecule has 4 heterocycles. The first-order chi connectivity index (χ1) is 17.5. The Morgan fingerprint density at radius 2 is 2.06 bits per heavy atom. The molecule has 1 aromatic carbocycles. The van der Waals surface area contributed by atoms with Crippen LogP contribution in [0.4, 0.5) is 11.5 Å². The van der Waals surface area contributed by atoms with Crippen LogP contribution in [0.25, 0.3) is 32.2 Å². The molecule has 36 heavy (non-hydrogen) atoms. The van der Waals surface area contributed by atoms with Gasteiger partial charge in [0.1, 0.15) is 16.4 Å². The van der Waals surface area contributed by atoms with Gasteiger partial charge in [0.25, 0.3) is 5.91 Å². The fourth-order valence-electron chi connectivity index (χ4n) is 4.77. The highest BCUT2D eigenvalue weighted by Crippen LogP contribution is 2.40. The van der Waals surface area contributed by atoms with E-state index in [9.17, 15) is 4.79 Å². The summed E-state index contributed by atoms with van der Waals surface area (Å²) in [5.41, 5.74) is 9.67. The Labute approximate surface area is 214 Å². The van der Waals surface area contributed by atoms with Gasteiger partial charge in [-0.1, -0.05) is 12.8 Å². The first kappa shape index (κ1) is 24.0. The number of aromatic nitrogens is 2. The summed E-state index contributed by atoms with van der Waals surface area (Å²) in [6, 6.07) is 12.0. The van der Waals surface area contributed by atoms with Gasteiger partial charge in [0.05, 0.1) is 23.0 Å². The zero-order valence-corrected chi connectivity index (χ0v) is 21.3. The van der Waals surface area contributed by atoms with E-state index in [2.05, 4.69) is 40.2 Å². The smallest absolute Gasteiger partial charge is 0.260 e. The van der Waals surface area contributed by atoms with Gasteiger partial charge < -0.3 is 20.7 Å². The third-order valence-electron chi connectivity index (χ3n) is 6.65. The van der Waals surface area contributed by atoms with E-state index in [1.54, 1.807) is 7.11 Å². The van der Waals surface area contributed by atoms with E-state index in [1.165, 1.54) is 11.3 Å². The van der Waals surface area contributed by atoms with Crippen molar-refractivity contribution in [2.45, 2.75) is 32.3 Å². The molecule has 0 radical (unpaired) electrons. The van der Waals surface area contributed by atoms with Crippen molar-refractivity contribution < 1.29 is 9.53 Å². The predicted octanol–water partition coefficient (Wildman–Crippen LogP) is 5.03. The van der Waals surface area contributed by atoms with Gasteiger partial charge in [-0.15, -0.1) is 17.8 Å². The highest BCUT2D eigenvalue weighted by atomic mass is 32.1. The number of nitrogens with one attached hydrogen (secondary N) is 1. The van der Waals surface area contributed by atoms with Crippen molar-refractivity contribution in [2.24, 2.45) is 5.73 Å². The lowest BCUT2D eigenvalue weighted by Crippen LogP contribution is -2.37. The minimum Gasteiger partial charge on any atom is -0.383 e. The third-order valence-corrected chi connectivity index (χ3v) is 7.82. The third kappa shape index (κ3) is 4.48. The molecule has 1 saturated heterocycles. The van der Waals surface area contributed by atoms with Gasteiger partial charge in [0.15, 0.2) is 0 Å². The summed E-state index contributed by atoms with van der Waals surface area (Å²) in [5.74, 6) is 3.14. The van der Waals surface area contributed by atoms with Crippen molar-refractivity contribution in [3.05, 3.63) is 47.0 Å². The second-order valence-corrected chi connectivity index (χ2v) is 10.0. The van der Waals surface area contributed by atoms with Crippen molar-refractivity contribution in [2.75, 3.05) is 37.0 Å². The molecular formula is C28H29N5O2S. The van der Waals surface area contributed by atoms with Gasteiger partial charge in [0.2, 0.25) is 0 Å². The van der Waals surface area contributed by atoms with Crippen LogP contribution in [0.3, 0.4) is 0 Å². The van der Waals surface area contributed by atoms with Gasteiger partial charge >= 0.3 is 0 Å². The summed E-state index contributed by atoms with van der Waals surface area (Å²) in [4.78, 5) is 24.6. The second-order valence-electron chi connectivity index (χ2n) is 8.96. The van der Waals surface area contributed by atoms with Crippen molar-refractivity contribution in [1.82, 2.24) is 9.97 Å². The van der Waals surface area contributed by atoms with E-state index < -0.39 is 5.91 Å². The fourth-order valence-corrected chi connectivity index (χ4v) is 5.82. The Hall–Kier alpha value is -3.67.